The largest absolute Gasteiger partial charge is 0.358 e. The highest BCUT2D eigenvalue weighted by molar-refractivity contribution is 7.80. The van der Waals surface area contributed by atoms with Gasteiger partial charge in [0, 0.05) is 28.9 Å². The summed E-state index contributed by atoms with van der Waals surface area (Å²) in [4.78, 5) is 3.31. The van der Waals surface area contributed by atoms with Gasteiger partial charge in [-0.15, -0.1) is 11.3 Å². The molecule has 0 saturated heterocycles. The normalized spacial score (nSPS) is 15.9. The number of rotatable bonds is 6. The summed E-state index contributed by atoms with van der Waals surface area (Å²) < 4.78 is 1.36. The lowest BCUT2D eigenvalue weighted by Gasteiger charge is -2.28. The molecule has 4 heteroatoms. The van der Waals surface area contributed by atoms with E-state index < -0.39 is 0 Å². The third-order valence-corrected chi connectivity index (χ3v) is 7.57. The van der Waals surface area contributed by atoms with Gasteiger partial charge in [-0.05, 0) is 85.2 Å². The predicted molar refractivity (Wildman–Crippen MR) is 125 cm³/mol. The number of thiocarbonyl (C=S) groups is 1. The number of fused-ring (bicyclic) bond motifs is 2. The molecule has 1 atom stereocenters. The molecule has 1 aliphatic rings. The third-order valence-electron chi connectivity index (χ3n) is 6.08. The molecule has 0 spiro atoms. The summed E-state index contributed by atoms with van der Waals surface area (Å²) in [6.45, 7) is 8.35. The molecule has 4 rings (SSSR count). The second kappa shape index (κ2) is 7.58. The average molecular weight is 409 g/mol. The van der Waals surface area contributed by atoms with Crippen LogP contribution in [-0.2, 0) is 13.0 Å². The quantitative estimate of drug-likeness (QED) is 0.527. The van der Waals surface area contributed by atoms with E-state index in [0.29, 0.717) is 0 Å². The standard InChI is InChI=1S/C24H28N2S2/c1-16-12-19-14-26(23(27)21(19)13-17(16)2)11-10-24(3,25)9-8-18-15-28-22-7-5-4-6-20(18)22/h4-7,12-13,15H,8-11,14,25H2,1-3H3. The number of hydrogen-bond acceptors (Lipinski definition) is 3. The Hall–Kier alpha value is -1.75. The predicted octanol–water partition coefficient (Wildman–Crippen LogP) is 5.75. The van der Waals surface area contributed by atoms with Crippen LogP contribution in [0, 0.1) is 13.8 Å². The van der Waals surface area contributed by atoms with Crippen molar-refractivity contribution in [2.75, 3.05) is 6.54 Å². The van der Waals surface area contributed by atoms with Gasteiger partial charge in [0.1, 0.15) is 4.99 Å². The molecule has 0 radical (unpaired) electrons. The Kier molecular flexibility index (Phi) is 5.30. The number of nitrogens with zero attached hydrogens (tertiary/aromatic N) is 1. The second-order valence-corrected chi connectivity index (χ2v) is 9.78. The minimum absolute atomic E-state index is 0.195. The van der Waals surface area contributed by atoms with E-state index in [-0.39, 0.29) is 5.54 Å². The van der Waals surface area contributed by atoms with Crippen molar-refractivity contribution >= 4 is 38.6 Å². The first kappa shape index (κ1) is 19.6. The van der Waals surface area contributed by atoms with E-state index in [2.05, 4.69) is 67.4 Å². The number of hydrogen-bond donors (Lipinski definition) is 1. The lowest BCUT2D eigenvalue weighted by atomic mass is 9.91. The molecule has 1 aliphatic heterocycles. The Morgan fingerprint density at radius 1 is 1.14 bits per heavy atom. The van der Waals surface area contributed by atoms with Crippen molar-refractivity contribution in [1.29, 1.82) is 0 Å². The smallest absolute Gasteiger partial charge is 0.109 e. The molecule has 0 saturated carbocycles. The van der Waals surface area contributed by atoms with Crippen molar-refractivity contribution in [1.82, 2.24) is 4.90 Å². The molecule has 2 N–H and O–H groups in total. The van der Waals surface area contributed by atoms with Crippen molar-refractivity contribution in [3.05, 3.63) is 69.6 Å². The monoisotopic (exact) mass is 408 g/mol. The van der Waals surface area contributed by atoms with Gasteiger partial charge in [-0.3, -0.25) is 0 Å². The van der Waals surface area contributed by atoms with Gasteiger partial charge < -0.3 is 10.6 Å². The van der Waals surface area contributed by atoms with Gasteiger partial charge in [0.05, 0.1) is 0 Å². The Bertz CT molecular complexity index is 1030. The minimum Gasteiger partial charge on any atom is -0.358 e. The molecule has 28 heavy (non-hydrogen) atoms. The summed E-state index contributed by atoms with van der Waals surface area (Å²) >= 11 is 7.58. The molecular formula is C24H28N2S2. The van der Waals surface area contributed by atoms with Crippen molar-refractivity contribution in [3.63, 3.8) is 0 Å². The van der Waals surface area contributed by atoms with Crippen molar-refractivity contribution in [3.8, 4) is 0 Å². The second-order valence-electron chi connectivity index (χ2n) is 8.48. The van der Waals surface area contributed by atoms with Crippen LogP contribution < -0.4 is 5.73 Å². The van der Waals surface area contributed by atoms with Crippen LogP contribution in [0.5, 0.6) is 0 Å². The van der Waals surface area contributed by atoms with Crippen LogP contribution >= 0.6 is 23.6 Å². The maximum Gasteiger partial charge on any atom is 0.109 e. The van der Waals surface area contributed by atoms with E-state index in [1.807, 2.05) is 11.3 Å². The first-order valence-electron chi connectivity index (χ1n) is 9.97. The summed E-state index contributed by atoms with van der Waals surface area (Å²) in [7, 11) is 0. The van der Waals surface area contributed by atoms with Crippen LogP contribution in [0.15, 0.2) is 41.8 Å². The summed E-state index contributed by atoms with van der Waals surface area (Å²) in [6, 6.07) is 13.2. The van der Waals surface area contributed by atoms with Gasteiger partial charge >= 0.3 is 0 Å². The fraction of sp³-hybridized carbons (Fsp3) is 0.375. The number of nitrogens with two attached hydrogens (primary N) is 1. The zero-order chi connectivity index (χ0) is 19.9. The molecule has 1 unspecified atom stereocenters. The molecule has 2 heterocycles. The van der Waals surface area contributed by atoms with Gasteiger partial charge in [-0.1, -0.05) is 36.5 Å². The van der Waals surface area contributed by atoms with Crippen molar-refractivity contribution in [2.45, 2.75) is 52.1 Å². The van der Waals surface area contributed by atoms with Crippen LogP contribution in [0.1, 0.15) is 47.6 Å². The summed E-state index contributed by atoms with van der Waals surface area (Å²) in [5.41, 5.74) is 13.2. The fourth-order valence-electron chi connectivity index (χ4n) is 4.00. The summed E-state index contributed by atoms with van der Waals surface area (Å²) in [6.07, 6.45) is 2.96. The zero-order valence-electron chi connectivity index (χ0n) is 16.9. The first-order chi connectivity index (χ1) is 13.3. The Labute approximate surface area is 177 Å². The highest BCUT2D eigenvalue weighted by Gasteiger charge is 2.27. The molecule has 2 aromatic carbocycles. The van der Waals surface area contributed by atoms with E-state index in [1.54, 1.807) is 0 Å². The van der Waals surface area contributed by atoms with Crippen LogP contribution in [0.2, 0.25) is 0 Å². The van der Waals surface area contributed by atoms with Crippen LogP contribution in [0.4, 0.5) is 0 Å². The zero-order valence-corrected chi connectivity index (χ0v) is 18.6. The fourth-order valence-corrected chi connectivity index (χ4v) is 5.34. The van der Waals surface area contributed by atoms with Crippen molar-refractivity contribution in [2.24, 2.45) is 5.73 Å². The maximum atomic E-state index is 6.69. The van der Waals surface area contributed by atoms with Crippen LogP contribution in [0.25, 0.3) is 10.1 Å². The number of aryl methyl sites for hydroxylation is 3. The van der Waals surface area contributed by atoms with E-state index >= 15 is 0 Å². The molecule has 0 bridgehead atoms. The SMILES string of the molecule is Cc1cc2c(cc1C)C(=S)N(CCC(C)(N)CCc1csc3ccccc13)C2. The lowest BCUT2D eigenvalue weighted by molar-refractivity contribution is 0.331. The van der Waals surface area contributed by atoms with E-state index in [1.165, 1.54) is 37.9 Å². The van der Waals surface area contributed by atoms with Gasteiger partial charge in [0.2, 0.25) is 0 Å². The highest BCUT2D eigenvalue weighted by Crippen LogP contribution is 2.30. The first-order valence-corrected chi connectivity index (χ1v) is 11.3. The molecule has 0 amide bonds. The topological polar surface area (TPSA) is 29.3 Å². The third kappa shape index (κ3) is 3.86. The summed E-state index contributed by atoms with van der Waals surface area (Å²) in [5.74, 6) is 0. The number of thiophene rings is 1. The lowest BCUT2D eigenvalue weighted by Crippen LogP contribution is -2.40. The van der Waals surface area contributed by atoms with Gasteiger partial charge in [0.25, 0.3) is 0 Å². The van der Waals surface area contributed by atoms with Gasteiger partial charge in [0.15, 0.2) is 0 Å². The number of benzene rings is 2. The van der Waals surface area contributed by atoms with Gasteiger partial charge in [-0.2, -0.15) is 0 Å². The summed E-state index contributed by atoms with van der Waals surface area (Å²) in [5, 5.41) is 3.67. The average Bonchev–Trinajstić information content (AvgIpc) is 3.21. The molecule has 0 aliphatic carbocycles. The van der Waals surface area contributed by atoms with E-state index in [9.17, 15) is 0 Å². The molecule has 2 nitrogen and oxygen atoms in total. The Morgan fingerprint density at radius 3 is 2.71 bits per heavy atom. The molecule has 146 valence electrons. The molecule has 1 aromatic heterocycles. The molecule has 3 aromatic rings. The molecule has 0 fully saturated rings. The highest BCUT2D eigenvalue weighted by atomic mass is 32.1. The van der Waals surface area contributed by atoms with E-state index in [4.69, 9.17) is 18.0 Å². The minimum atomic E-state index is -0.195. The Morgan fingerprint density at radius 2 is 1.89 bits per heavy atom. The van der Waals surface area contributed by atoms with Crippen LogP contribution in [-0.4, -0.2) is 22.0 Å². The van der Waals surface area contributed by atoms with Gasteiger partial charge in [-0.25, -0.2) is 0 Å². The Balaban J connectivity index is 1.37. The van der Waals surface area contributed by atoms with Crippen LogP contribution in [0.3, 0.4) is 0 Å². The van der Waals surface area contributed by atoms with E-state index in [0.717, 1.165) is 37.3 Å². The van der Waals surface area contributed by atoms with Crippen molar-refractivity contribution < 1.29 is 0 Å². The molecular weight excluding hydrogens is 380 g/mol. The maximum absolute atomic E-state index is 6.69.